The lowest BCUT2D eigenvalue weighted by molar-refractivity contribution is 0.160. The van der Waals surface area contributed by atoms with Gasteiger partial charge < -0.3 is 15.4 Å². The van der Waals surface area contributed by atoms with Crippen LogP contribution in [0, 0.1) is 18.6 Å². The van der Waals surface area contributed by atoms with Crippen molar-refractivity contribution in [2.45, 2.75) is 19.3 Å². The first-order valence-electron chi connectivity index (χ1n) is 12.5. The Bertz CT molecular complexity index is 1410. The maximum Gasteiger partial charge on any atom is 0.317 e. The number of aryl methyl sites for hydroxylation is 1. The number of ether oxygens (including phenoxy) is 1. The highest BCUT2D eigenvalue weighted by Gasteiger charge is 2.24. The highest BCUT2D eigenvalue weighted by Crippen LogP contribution is 2.29. The second-order valence-corrected chi connectivity index (χ2v) is 9.25. The largest absolute Gasteiger partial charge is 0.383 e. The van der Waals surface area contributed by atoms with Gasteiger partial charge in [0.05, 0.1) is 12.3 Å². The molecule has 3 heterocycles. The number of aromatic nitrogens is 5. The summed E-state index contributed by atoms with van der Waals surface area (Å²) in [5.74, 6) is -0.230. The summed E-state index contributed by atoms with van der Waals surface area (Å²) in [6.45, 7) is 5.34. The van der Waals surface area contributed by atoms with Crippen LogP contribution in [0.25, 0.3) is 17.2 Å². The number of amides is 2. The van der Waals surface area contributed by atoms with Crippen molar-refractivity contribution in [1.82, 2.24) is 29.4 Å². The number of methoxy groups -OCH3 is 1. The van der Waals surface area contributed by atoms with E-state index >= 15 is 0 Å². The summed E-state index contributed by atoms with van der Waals surface area (Å²) < 4.78 is 34.2. The molecule has 1 aliphatic heterocycles. The first kappa shape index (κ1) is 27.9. The van der Waals surface area contributed by atoms with Crippen LogP contribution in [0.4, 0.5) is 19.4 Å². The number of para-hydroxylation sites is 1. The standard InChI is InChI=1S/C14H15N7O.C13H17F2NO/c1-9-11(12-16-8-20(2)19-12)18-21(13(9)17-14(15)22)10-6-4-3-5-7-10;1-17-7-6-16-5-4-11(9-16)10-2-3-12(14)13(15)8-10/h3-8H,1-2H3,(H3,15,17,22);2-3,8,11H,4-7,9H2,1H3. The van der Waals surface area contributed by atoms with Crippen LogP contribution >= 0.6 is 0 Å². The fourth-order valence-corrected chi connectivity index (χ4v) is 4.47. The highest BCUT2D eigenvalue weighted by atomic mass is 19.2. The van der Waals surface area contributed by atoms with Gasteiger partial charge in [0.1, 0.15) is 17.8 Å². The van der Waals surface area contributed by atoms with E-state index < -0.39 is 17.7 Å². The van der Waals surface area contributed by atoms with E-state index in [9.17, 15) is 13.6 Å². The summed E-state index contributed by atoms with van der Waals surface area (Å²) in [5, 5.41) is 11.4. The summed E-state index contributed by atoms with van der Waals surface area (Å²) >= 11 is 0. The fraction of sp³-hybridized carbons (Fsp3) is 0.333. The first-order chi connectivity index (χ1) is 18.8. The molecule has 206 valence electrons. The second kappa shape index (κ2) is 12.6. The molecule has 12 heteroatoms. The predicted octanol–water partition coefficient (Wildman–Crippen LogP) is 3.87. The number of hydrogen-bond acceptors (Lipinski definition) is 6. The summed E-state index contributed by atoms with van der Waals surface area (Å²) in [4.78, 5) is 17.8. The second-order valence-electron chi connectivity index (χ2n) is 9.25. The molecular weight excluding hydrogens is 506 g/mol. The molecule has 4 aromatic rings. The lowest BCUT2D eigenvalue weighted by Gasteiger charge is -2.15. The van der Waals surface area contributed by atoms with Gasteiger partial charge >= 0.3 is 6.03 Å². The van der Waals surface area contributed by atoms with Crippen molar-refractivity contribution in [3.8, 4) is 17.2 Å². The molecule has 1 saturated heterocycles. The number of nitrogens with zero attached hydrogens (tertiary/aromatic N) is 6. The molecule has 0 saturated carbocycles. The Hall–Kier alpha value is -4.16. The lowest BCUT2D eigenvalue weighted by Crippen LogP contribution is -2.24. The molecule has 3 N–H and O–H groups in total. The van der Waals surface area contributed by atoms with Crippen molar-refractivity contribution in [1.29, 1.82) is 0 Å². The number of nitrogens with one attached hydrogen (secondary N) is 1. The summed E-state index contributed by atoms with van der Waals surface area (Å²) in [5.41, 5.74) is 8.30. The number of nitrogens with two attached hydrogens (primary N) is 1. The molecule has 2 aromatic carbocycles. The number of halogens is 2. The predicted molar refractivity (Wildman–Crippen MR) is 144 cm³/mol. The van der Waals surface area contributed by atoms with Crippen molar-refractivity contribution >= 4 is 11.8 Å². The number of hydrogen-bond donors (Lipinski definition) is 2. The average molecular weight is 539 g/mol. The van der Waals surface area contributed by atoms with E-state index in [1.807, 2.05) is 37.3 Å². The molecule has 5 rings (SSSR count). The van der Waals surface area contributed by atoms with Crippen molar-refractivity contribution in [2.75, 3.05) is 38.7 Å². The van der Waals surface area contributed by atoms with Gasteiger partial charge in [-0.15, -0.1) is 5.10 Å². The molecule has 0 spiro atoms. The van der Waals surface area contributed by atoms with Crippen molar-refractivity contribution in [2.24, 2.45) is 12.8 Å². The zero-order valence-electron chi connectivity index (χ0n) is 22.1. The summed E-state index contributed by atoms with van der Waals surface area (Å²) in [7, 11) is 3.46. The van der Waals surface area contributed by atoms with Crippen molar-refractivity contribution in [3.05, 3.63) is 77.6 Å². The normalized spacial score (nSPS) is 15.2. The zero-order valence-corrected chi connectivity index (χ0v) is 22.1. The van der Waals surface area contributed by atoms with Gasteiger partial charge in [0.2, 0.25) is 5.82 Å². The minimum atomic E-state index is -0.775. The quantitative estimate of drug-likeness (QED) is 0.369. The van der Waals surface area contributed by atoms with Gasteiger partial charge in [-0.1, -0.05) is 24.3 Å². The molecule has 1 atom stereocenters. The molecular formula is C27H32F2N8O2. The topological polar surface area (TPSA) is 116 Å². The Labute approximate surface area is 225 Å². The first-order valence-corrected chi connectivity index (χ1v) is 12.5. The third-order valence-electron chi connectivity index (χ3n) is 6.48. The maximum atomic E-state index is 13.1. The van der Waals surface area contributed by atoms with Crippen LogP contribution in [0.3, 0.4) is 0 Å². The molecule has 10 nitrogen and oxygen atoms in total. The highest BCUT2D eigenvalue weighted by molar-refractivity contribution is 5.89. The van der Waals surface area contributed by atoms with E-state index in [0.29, 0.717) is 29.9 Å². The van der Waals surface area contributed by atoms with E-state index in [4.69, 9.17) is 10.5 Å². The smallest absolute Gasteiger partial charge is 0.317 e. The summed E-state index contributed by atoms with van der Waals surface area (Å²) in [6.07, 6.45) is 2.59. The van der Waals surface area contributed by atoms with Crippen molar-refractivity contribution in [3.63, 3.8) is 0 Å². The molecule has 2 aromatic heterocycles. The van der Waals surface area contributed by atoms with E-state index in [1.54, 1.807) is 35.9 Å². The molecule has 0 bridgehead atoms. The number of likely N-dealkylation sites (tertiary alicyclic amines) is 1. The minimum Gasteiger partial charge on any atom is -0.383 e. The number of carbonyl (C=O) groups excluding carboxylic acids is 1. The molecule has 0 aliphatic carbocycles. The average Bonchev–Trinajstić information content (AvgIpc) is 3.65. The Kier molecular flexibility index (Phi) is 8.99. The molecule has 1 fully saturated rings. The minimum absolute atomic E-state index is 0.307. The van der Waals surface area contributed by atoms with E-state index in [2.05, 4.69) is 25.4 Å². The van der Waals surface area contributed by atoms with E-state index in [0.717, 1.165) is 42.9 Å². The maximum absolute atomic E-state index is 13.1. The number of benzene rings is 2. The van der Waals surface area contributed by atoms with Crippen LogP contribution in [0.1, 0.15) is 23.5 Å². The third kappa shape index (κ3) is 6.84. The number of urea groups is 1. The molecule has 1 unspecified atom stereocenters. The SMILES string of the molecule is COCCN1CCC(c2ccc(F)c(F)c2)C1.Cc1c(-c2ncn(C)n2)nn(-c2ccccc2)c1NC(N)=O. The van der Waals surface area contributed by atoms with Gasteiger partial charge in [-0.3, -0.25) is 10.00 Å². The van der Waals surface area contributed by atoms with Gasteiger partial charge in [-0.25, -0.2) is 23.2 Å². The van der Waals surface area contributed by atoms with Crippen LogP contribution in [0.5, 0.6) is 0 Å². The monoisotopic (exact) mass is 538 g/mol. The van der Waals surface area contributed by atoms with Crippen LogP contribution in [-0.4, -0.2) is 68.8 Å². The van der Waals surface area contributed by atoms with Gasteiger partial charge in [0.15, 0.2) is 11.6 Å². The van der Waals surface area contributed by atoms with Crippen LogP contribution in [0.2, 0.25) is 0 Å². The fourth-order valence-electron chi connectivity index (χ4n) is 4.47. The molecule has 2 amide bonds. The van der Waals surface area contributed by atoms with Gasteiger partial charge in [0, 0.05) is 32.8 Å². The molecule has 39 heavy (non-hydrogen) atoms. The molecule has 0 radical (unpaired) electrons. The number of primary amides is 1. The van der Waals surface area contributed by atoms with Gasteiger partial charge in [-0.05, 0) is 55.6 Å². The van der Waals surface area contributed by atoms with Crippen molar-refractivity contribution < 1.29 is 18.3 Å². The lowest BCUT2D eigenvalue weighted by atomic mass is 9.98. The van der Waals surface area contributed by atoms with E-state index in [1.165, 1.54) is 12.1 Å². The Morgan fingerprint density at radius 3 is 2.56 bits per heavy atom. The summed E-state index contributed by atoms with van der Waals surface area (Å²) in [6, 6.07) is 13.0. The number of anilines is 1. The number of carbonyl (C=O) groups is 1. The van der Waals surface area contributed by atoms with Crippen LogP contribution < -0.4 is 11.1 Å². The van der Waals surface area contributed by atoms with Gasteiger partial charge in [0.25, 0.3) is 0 Å². The van der Waals surface area contributed by atoms with E-state index in [-0.39, 0.29) is 0 Å². The van der Waals surface area contributed by atoms with Crippen LogP contribution in [-0.2, 0) is 11.8 Å². The molecule has 1 aliphatic rings. The van der Waals surface area contributed by atoms with Gasteiger partial charge in [-0.2, -0.15) is 5.10 Å². The van der Waals surface area contributed by atoms with Crippen LogP contribution in [0.15, 0.2) is 54.9 Å². The Morgan fingerprint density at radius 2 is 1.92 bits per heavy atom. The number of rotatable bonds is 7. The third-order valence-corrected chi connectivity index (χ3v) is 6.48. The Balaban J connectivity index is 0.000000187. The Morgan fingerprint density at radius 1 is 1.15 bits per heavy atom. The zero-order chi connectivity index (χ0) is 27.9.